The molecule has 11 nitrogen and oxygen atoms in total. The number of esters is 1. The summed E-state index contributed by atoms with van der Waals surface area (Å²) in [6, 6.07) is 0. The van der Waals surface area contributed by atoms with Crippen LogP contribution in [0.15, 0.2) is 146 Å². The van der Waals surface area contributed by atoms with Gasteiger partial charge in [0.2, 0.25) is 0 Å². The molecule has 0 radical (unpaired) electrons. The molecule has 0 aromatic rings. The lowest BCUT2D eigenvalue weighted by molar-refractivity contribution is -0.150. The van der Waals surface area contributed by atoms with E-state index < -0.39 is 16.1 Å². The summed E-state index contributed by atoms with van der Waals surface area (Å²) in [5.74, 6) is -0.705. The van der Waals surface area contributed by atoms with Gasteiger partial charge in [-0.25, -0.2) is 0 Å². The average molecular weight is 2060 g/mol. The fourth-order valence-electron chi connectivity index (χ4n) is 15.6. The van der Waals surface area contributed by atoms with Gasteiger partial charge in [0.1, 0.15) is 12.4 Å². The molecule has 0 aromatic carbocycles. The van der Waals surface area contributed by atoms with Gasteiger partial charge >= 0.3 is 11.9 Å². The molecule has 0 saturated heterocycles. The smallest absolute Gasteiger partial charge is 0.306 e. The van der Waals surface area contributed by atoms with Crippen molar-refractivity contribution in [1.29, 1.82) is 0 Å². The number of carboxylic acid groups (broad SMARTS) is 1. The predicted molar refractivity (Wildman–Crippen MR) is 627 cm³/mol. The second-order valence-corrected chi connectivity index (χ2v) is 41.5. The van der Waals surface area contributed by atoms with Crippen LogP contribution in [0, 0.1) is 0 Å². The molecule has 2 N–H and O–H groups in total. The van der Waals surface area contributed by atoms with Crippen molar-refractivity contribution in [2.75, 3.05) is 59.5 Å². The summed E-state index contributed by atoms with van der Waals surface area (Å²) in [6.45, 7) is 17.1. The van der Waals surface area contributed by atoms with E-state index in [9.17, 15) is 23.1 Å². The van der Waals surface area contributed by atoms with E-state index in [0.717, 1.165) is 122 Å². The summed E-state index contributed by atoms with van der Waals surface area (Å²) in [6.07, 6.45) is 156. The van der Waals surface area contributed by atoms with Gasteiger partial charge in [-0.05, 0) is 305 Å². The van der Waals surface area contributed by atoms with E-state index in [2.05, 4.69) is 222 Å². The van der Waals surface area contributed by atoms with Crippen LogP contribution >= 0.6 is 28.3 Å². The Balaban J connectivity index is -0.000000334. The maximum absolute atomic E-state index is 12.5. The molecule has 0 aliphatic rings. The number of rotatable bonds is 99. The first-order valence-electron chi connectivity index (χ1n) is 58.4. The van der Waals surface area contributed by atoms with E-state index in [1.54, 1.807) is 0 Å². The highest BCUT2D eigenvalue weighted by atomic mass is 79.9. The highest BCUT2D eigenvalue weighted by Gasteiger charge is 2.15. The van der Waals surface area contributed by atoms with Gasteiger partial charge in [-0.2, -0.15) is 8.42 Å². The van der Waals surface area contributed by atoms with Crippen molar-refractivity contribution in [1.82, 2.24) is 9.80 Å². The number of aldehydes is 1. The Morgan fingerprint density at radius 2 is 0.489 bits per heavy atom. The molecule has 0 aromatic heterocycles. The Morgan fingerprint density at radius 3 is 0.698 bits per heavy atom. The number of carbonyl (C=O) groups excluding carboxylic acids is 2. The number of allylic oxidation sites excluding steroid dienone is 24. The zero-order valence-electron chi connectivity index (χ0n) is 93.8. The summed E-state index contributed by atoms with van der Waals surface area (Å²) < 4.78 is 32.2. The van der Waals surface area contributed by atoms with Crippen molar-refractivity contribution in [2.24, 2.45) is 0 Å². The molecule has 0 heterocycles. The van der Waals surface area contributed by atoms with Gasteiger partial charge < -0.3 is 29.5 Å². The first kappa shape index (κ1) is 148. The molecule has 0 rings (SSSR count). The highest BCUT2D eigenvalue weighted by molar-refractivity contribution is 9.09. The van der Waals surface area contributed by atoms with Crippen molar-refractivity contribution >= 4 is 56.7 Å². The third-order valence-electron chi connectivity index (χ3n) is 24.2. The van der Waals surface area contributed by atoms with Crippen molar-refractivity contribution < 1.29 is 41.9 Å². The molecule has 0 fully saturated rings. The predicted octanol–water partition coefficient (Wildman–Crippen LogP) is 40.4. The average Bonchev–Trinajstić information content (AvgIpc) is 0.955. The van der Waals surface area contributed by atoms with Crippen molar-refractivity contribution in [2.45, 2.75) is 574 Å². The number of unbranched alkanes of at least 4 members (excludes halogenated alkanes) is 54. The van der Waals surface area contributed by atoms with Crippen molar-refractivity contribution in [3.63, 3.8) is 0 Å². The van der Waals surface area contributed by atoms with E-state index in [1.807, 2.05) is 19.0 Å². The number of aliphatic carboxylic acids is 1. The number of aliphatic hydroxyl groups is 1. The lowest BCUT2D eigenvalue weighted by atomic mass is 10.0. The van der Waals surface area contributed by atoms with E-state index in [1.165, 1.54) is 417 Å². The number of ether oxygens (including phenoxy) is 1. The molecule has 0 amide bonds. The fourth-order valence-corrected chi connectivity index (χ4v) is 16.4. The molecule has 14 heteroatoms. The van der Waals surface area contributed by atoms with E-state index in [-0.39, 0.29) is 37.0 Å². The van der Waals surface area contributed by atoms with Crippen LogP contribution in [0.3, 0.4) is 0 Å². The van der Waals surface area contributed by atoms with Crippen LogP contribution in [-0.2, 0) is 33.4 Å². The lowest BCUT2D eigenvalue weighted by Crippen LogP contribution is -2.20. The normalized spacial score (nSPS) is 12.4. The Kier molecular flexibility index (Phi) is 147. The van der Waals surface area contributed by atoms with Gasteiger partial charge in [-0.1, -0.05) is 447 Å². The molecule has 0 aliphatic heterocycles. The summed E-state index contributed by atoms with van der Waals surface area (Å²) in [4.78, 5) is 35.4. The number of alkyl halides is 1. The zero-order valence-corrected chi connectivity index (χ0v) is 97.0. The number of aliphatic hydroxyl groups excluding tert-OH is 1. The molecule has 818 valence electrons. The van der Waals surface area contributed by atoms with Crippen molar-refractivity contribution in [3.05, 3.63) is 146 Å². The first-order valence-corrected chi connectivity index (χ1v) is 61.3. The minimum Gasteiger partial charge on any atom is -0.481 e. The quantitative estimate of drug-likeness (QED) is 0.0150. The van der Waals surface area contributed by atoms with Crippen LogP contribution in [0.1, 0.15) is 562 Å². The van der Waals surface area contributed by atoms with Gasteiger partial charge in [-0.3, -0.25) is 13.8 Å². The van der Waals surface area contributed by atoms with Crippen LogP contribution in [0.25, 0.3) is 0 Å². The van der Waals surface area contributed by atoms with Gasteiger partial charge in [0.15, 0.2) is 0 Å². The van der Waals surface area contributed by atoms with Gasteiger partial charge in [-0.15, -0.1) is 12.4 Å². The van der Waals surface area contributed by atoms with Crippen LogP contribution < -0.4 is 0 Å². The van der Waals surface area contributed by atoms with E-state index in [0.29, 0.717) is 13.0 Å². The summed E-state index contributed by atoms with van der Waals surface area (Å²) >= 11 is 3.48. The molecular weight excluding hydrogens is 1820 g/mol. The Morgan fingerprint density at radius 1 is 0.295 bits per heavy atom. The number of nitrogens with zero attached hydrogens (tertiary/aromatic N) is 2. The standard InChI is InChI=1S/C43H79NO2.C37H68O.C19H36O3S.C18H33Br.C6H13NO2.C2H4O.ClH/c1-5-7-9-11-13-15-17-19-21-23-25-27-29-31-33-35-38-42(46-43(45)40-37-41-44(3)4)39-36-34-32-30-28-26-24-22-20-18-16-14-12-10-8-6-2;1-3-5-7-9-11-13-15-17-19-21-23-25-27-29-31-33-35-37(38)36-34-32-30-28-26-24-22-20-18-16-14-12-10-8-6-4-2;1-3-4-5-6-7-8-9-10-11-12-13-14-15-16-17-18-19-22-23(2,20)21;1-2-3-4-5-6-7-8-9-10-11-12-13-14-15-16-17-18-19;1-7(2)5-3-4-6(8)9;1-2-3;/h13-16,19-22,42H,5-12,17-18,23-41H2,1-4H3;11-14,17-20,37-38H,3-10,15-16,21-36H2,1-2H3;7-8,10-11H,3-6,9,12-19H2,1-2H3;6-7,9-10H,2-5,8,11-18H2,1H3;3-5H2,1-2H3,(H,8,9);2H,1H3;1H/b15-13-,16-14+,21-19-,22-20+;13-11-,14-12+,19-17-,20-18+;8-7+,11-10+;7-6+,10-9+;;;. The van der Waals surface area contributed by atoms with Gasteiger partial charge in [0.25, 0.3) is 10.1 Å². The summed E-state index contributed by atoms with van der Waals surface area (Å²) in [5.41, 5.74) is 0. The topological polar surface area (TPSA) is 151 Å². The monoisotopic (exact) mass is 2050 g/mol. The molecule has 0 saturated carbocycles. The molecule has 0 spiro atoms. The molecular formula is C125H234BrClN2O9S. The number of carboxylic acids is 1. The second kappa shape index (κ2) is 138. The van der Waals surface area contributed by atoms with Crippen LogP contribution in [0.5, 0.6) is 0 Å². The second-order valence-electron chi connectivity index (χ2n) is 39.1. The number of carbonyl (C=O) groups is 3. The molecule has 2 unspecified atom stereocenters. The maximum Gasteiger partial charge on any atom is 0.306 e. The zero-order chi connectivity index (χ0) is 102. The lowest BCUT2D eigenvalue weighted by Gasteiger charge is -2.18. The van der Waals surface area contributed by atoms with Gasteiger partial charge in [0, 0.05) is 18.2 Å². The molecule has 139 heavy (non-hydrogen) atoms. The summed E-state index contributed by atoms with van der Waals surface area (Å²) in [5, 5.41) is 19.6. The van der Waals surface area contributed by atoms with Crippen LogP contribution in [-0.4, -0.2) is 118 Å². The highest BCUT2D eigenvalue weighted by Crippen LogP contribution is 2.22. The first-order chi connectivity index (χ1) is 67.4. The fraction of sp³-hybridized carbons (Fsp3) is 0.784. The van der Waals surface area contributed by atoms with E-state index in [4.69, 9.17) is 18.8 Å². The third kappa shape index (κ3) is 162. The molecule has 0 bridgehead atoms. The minimum atomic E-state index is -3.26. The Hall–Kier alpha value is -3.95. The molecule has 0 aliphatic carbocycles. The number of hydrogen-bond acceptors (Lipinski definition) is 10. The minimum absolute atomic E-state index is 0. The SMILES string of the molecule is CC=O.CCCCC/C=C/C/C=C/CCCCCCCCBr.CCCCC/C=C/C/C=C/CCCCCCCCOS(C)(=O)=O.CCCCC/C=C\C/C=C\CCCCCCCCC(CCCCCCCC/C=C/C/C=C/CCCCC)OC(=O)CCCN(C)C.CCCCC/C=C\C/C=C\CCCCCCCCC(O)CCCCCCCC/C=C/C/C=C/CCCCC.CN(C)CCCC(=O)O.Cl. The van der Waals surface area contributed by atoms with Crippen LogP contribution in [0.2, 0.25) is 0 Å². The maximum atomic E-state index is 12.5. The summed E-state index contributed by atoms with van der Waals surface area (Å²) in [7, 11) is 4.73. The Labute approximate surface area is 881 Å². The molecule has 2 atom stereocenters. The van der Waals surface area contributed by atoms with E-state index >= 15 is 0 Å². The Bertz CT molecular complexity index is 2740. The van der Waals surface area contributed by atoms with Crippen LogP contribution in [0.4, 0.5) is 0 Å². The largest absolute Gasteiger partial charge is 0.481 e. The third-order valence-corrected chi connectivity index (χ3v) is 25.3. The van der Waals surface area contributed by atoms with Crippen molar-refractivity contribution in [3.8, 4) is 0 Å². The number of hydrogen-bond donors (Lipinski definition) is 2. The number of halogens is 2. The van der Waals surface area contributed by atoms with Gasteiger partial charge in [0.05, 0.1) is 19.0 Å².